The molecular formula is C22H26Cl2N2O3S2. The van der Waals surface area contributed by atoms with E-state index in [-0.39, 0.29) is 17.6 Å². The molecule has 1 aliphatic heterocycles. The summed E-state index contributed by atoms with van der Waals surface area (Å²) in [6, 6.07) is 13.2. The van der Waals surface area contributed by atoms with Crippen LogP contribution in [-0.4, -0.2) is 44.0 Å². The van der Waals surface area contributed by atoms with Gasteiger partial charge in [0, 0.05) is 51.8 Å². The lowest BCUT2D eigenvalue weighted by molar-refractivity contribution is -0.125. The van der Waals surface area contributed by atoms with Crippen LogP contribution < -0.4 is 5.32 Å². The first-order valence-corrected chi connectivity index (χ1v) is 13.5. The number of carbonyl (C=O) groups is 1. The Kier molecular flexibility index (Phi) is 8.70. The number of halogens is 2. The smallest absolute Gasteiger partial charge is 0.223 e. The molecule has 31 heavy (non-hydrogen) atoms. The number of thioether (sulfide) groups is 1. The molecule has 9 heteroatoms. The number of aryl methyl sites for hydroxylation is 1. The van der Waals surface area contributed by atoms with Crippen LogP contribution in [0.4, 0.5) is 0 Å². The molecule has 0 atom stereocenters. The van der Waals surface area contributed by atoms with Crippen molar-refractivity contribution >= 4 is 50.9 Å². The first-order valence-electron chi connectivity index (χ1n) is 10.1. The third kappa shape index (κ3) is 6.86. The van der Waals surface area contributed by atoms with Gasteiger partial charge in [0.2, 0.25) is 15.9 Å². The molecule has 1 aliphatic rings. The number of hydrogen-bond acceptors (Lipinski definition) is 4. The second-order valence-electron chi connectivity index (χ2n) is 7.58. The van der Waals surface area contributed by atoms with Gasteiger partial charge in [-0.2, -0.15) is 0 Å². The van der Waals surface area contributed by atoms with E-state index in [1.165, 1.54) is 14.8 Å². The SMILES string of the molecule is Cc1ccc(SCCNC(=O)C2CCN(S(=O)(=O)Cc3c(Cl)cccc3Cl)CC2)cc1. The summed E-state index contributed by atoms with van der Waals surface area (Å²) in [7, 11) is -3.56. The first kappa shape index (κ1) is 24.4. The van der Waals surface area contributed by atoms with E-state index >= 15 is 0 Å². The Morgan fingerprint density at radius 1 is 1.10 bits per heavy atom. The van der Waals surface area contributed by atoms with Crippen molar-refractivity contribution in [2.45, 2.75) is 30.4 Å². The van der Waals surface area contributed by atoms with Crippen LogP contribution in [0.15, 0.2) is 47.4 Å². The summed E-state index contributed by atoms with van der Waals surface area (Å²) in [5.74, 6) is 0.384. The van der Waals surface area contributed by atoms with Crippen molar-refractivity contribution in [3.63, 3.8) is 0 Å². The van der Waals surface area contributed by atoms with E-state index in [4.69, 9.17) is 23.2 Å². The van der Waals surface area contributed by atoms with Crippen LogP contribution in [0.2, 0.25) is 10.0 Å². The van der Waals surface area contributed by atoms with Crippen LogP contribution in [0, 0.1) is 12.8 Å². The zero-order chi connectivity index (χ0) is 22.4. The van der Waals surface area contributed by atoms with Gasteiger partial charge in [0.15, 0.2) is 0 Å². The van der Waals surface area contributed by atoms with Gasteiger partial charge in [0.05, 0.1) is 5.75 Å². The van der Waals surface area contributed by atoms with Crippen molar-refractivity contribution in [2.24, 2.45) is 5.92 Å². The molecule has 1 saturated heterocycles. The van der Waals surface area contributed by atoms with E-state index in [0.717, 1.165) is 5.75 Å². The fraction of sp³-hybridized carbons (Fsp3) is 0.409. The lowest BCUT2D eigenvalue weighted by Crippen LogP contribution is -2.43. The molecule has 5 nitrogen and oxygen atoms in total. The number of amides is 1. The lowest BCUT2D eigenvalue weighted by atomic mass is 9.97. The summed E-state index contributed by atoms with van der Waals surface area (Å²) in [5.41, 5.74) is 1.64. The van der Waals surface area contributed by atoms with Crippen molar-refractivity contribution in [3.05, 3.63) is 63.6 Å². The molecule has 0 saturated carbocycles. The van der Waals surface area contributed by atoms with Crippen LogP contribution >= 0.6 is 35.0 Å². The second-order valence-corrected chi connectivity index (χ2v) is 11.5. The molecular weight excluding hydrogens is 475 g/mol. The highest BCUT2D eigenvalue weighted by molar-refractivity contribution is 7.99. The predicted octanol–water partition coefficient (Wildman–Crippen LogP) is 4.75. The fourth-order valence-corrected chi connectivity index (χ4v) is 6.55. The summed E-state index contributed by atoms with van der Waals surface area (Å²) in [6.07, 6.45) is 1.01. The maximum absolute atomic E-state index is 12.8. The number of hydrogen-bond donors (Lipinski definition) is 1. The van der Waals surface area contributed by atoms with Crippen molar-refractivity contribution in [3.8, 4) is 0 Å². The largest absolute Gasteiger partial charge is 0.355 e. The molecule has 0 aliphatic carbocycles. The van der Waals surface area contributed by atoms with E-state index < -0.39 is 10.0 Å². The second kappa shape index (κ2) is 11.1. The Bertz CT molecular complexity index is 986. The van der Waals surface area contributed by atoms with Crippen LogP contribution in [0.5, 0.6) is 0 Å². The fourth-order valence-electron chi connectivity index (χ4n) is 3.46. The third-order valence-electron chi connectivity index (χ3n) is 5.30. The minimum absolute atomic E-state index is 0.00398. The number of carbonyl (C=O) groups excluding carboxylic acids is 1. The average molecular weight is 502 g/mol. The first-order chi connectivity index (χ1) is 14.8. The number of nitrogens with zero attached hydrogens (tertiary/aromatic N) is 1. The van der Waals surface area contributed by atoms with Gasteiger partial charge in [-0.25, -0.2) is 12.7 Å². The van der Waals surface area contributed by atoms with Crippen LogP contribution in [0.25, 0.3) is 0 Å². The summed E-state index contributed by atoms with van der Waals surface area (Å²) < 4.78 is 27.1. The van der Waals surface area contributed by atoms with Crippen LogP contribution in [-0.2, 0) is 20.6 Å². The predicted molar refractivity (Wildman–Crippen MR) is 128 cm³/mol. The zero-order valence-electron chi connectivity index (χ0n) is 17.3. The minimum atomic E-state index is -3.56. The normalized spacial score (nSPS) is 15.7. The van der Waals surface area contributed by atoms with E-state index in [1.54, 1.807) is 30.0 Å². The van der Waals surface area contributed by atoms with Crippen molar-refractivity contribution in [1.29, 1.82) is 0 Å². The van der Waals surface area contributed by atoms with Crippen LogP contribution in [0.1, 0.15) is 24.0 Å². The third-order valence-corrected chi connectivity index (χ3v) is 8.82. The minimum Gasteiger partial charge on any atom is -0.355 e. The number of piperidine rings is 1. The van der Waals surface area contributed by atoms with E-state index in [1.807, 2.05) is 0 Å². The Morgan fingerprint density at radius 2 is 1.71 bits per heavy atom. The summed E-state index contributed by atoms with van der Waals surface area (Å²) in [6.45, 7) is 3.28. The maximum Gasteiger partial charge on any atom is 0.223 e. The molecule has 0 unspecified atom stereocenters. The Hall–Kier alpha value is -1.25. The van der Waals surface area contributed by atoms with E-state index in [2.05, 4.69) is 36.5 Å². The highest BCUT2D eigenvalue weighted by atomic mass is 35.5. The molecule has 0 radical (unpaired) electrons. The quantitative estimate of drug-likeness (QED) is 0.419. The Balaban J connectivity index is 1.44. The molecule has 1 amide bonds. The molecule has 2 aromatic carbocycles. The number of benzene rings is 2. The van der Waals surface area contributed by atoms with Crippen molar-refractivity contribution < 1.29 is 13.2 Å². The number of sulfonamides is 1. The standard InChI is InChI=1S/C22H26Cl2N2O3S2/c1-16-5-7-18(8-6-16)30-14-11-25-22(27)17-9-12-26(13-10-17)31(28,29)15-19-20(23)3-2-4-21(19)24/h2-8,17H,9-15H2,1H3,(H,25,27). The lowest BCUT2D eigenvalue weighted by Gasteiger charge is -2.30. The summed E-state index contributed by atoms with van der Waals surface area (Å²) >= 11 is 13.9. The molecule has 2 aromatic rings. The molecule has 0 spiro atoms. The summed E-state index contributed by atoms with van der Waals surface area (Å²) in [4.78, 5) is 13.6. The van der Waals surface area contributed by atoms with E-state index in [9.17, 15) is 13.2 Å². The topological polar surface area (TPSA) is 66.5 Å². The molecule has 1 heterocycles. The highest BCUT2D eigenvalue weighted by Gasteiger charge is 2.31. The molecule has 1 N–H and O–H groups in total. The molecule has 3 rings (SSSR count). The summed E-state index contributed by atoms with van der Waals surface area (Å²) in [5, 5.41) is 3.66. The van der Waals surface area contributed by atoms with Gasteiger partial charge in [-0.05, 0) is 44.0 Å². The highest BCUT2D eigenvalue weighted by Crippen LogP contribution is 2.29. The van der Waals surface area contributed by atoms with Crippen LogP contribution in [0.3, 0.4) is 0 Å². The van der Waals surface area contributed by atoms with Crippen molar-refractivity contribution in [1.82, 2.24) is 9.62 Å². The monoisotopic (exact) mass is 500 g/mol. The van der Waals surface area contributed by atoms with Gasteiger partial charge in [0.1, 0.15) is 0 Å². The number of rotatable bonds is 8. The molecule has 0 aromatic heterocycles. The average Bonchev–Trinajstić information content (AvgIpc) is 2.75. The Morgan fingerprint density at radius 3 is 2.32 bits per heavy atom. The van der Waals surface area contributed by atoms with Gasteiger partial charge >= 0.3 is 0 Å². The van der Waals surface area contributed by atoms with Gasteiger partial charge in [-0.3, -0.25) is 4.79 Å². The maximum atomic E-state index is 12.8. The zero-order valence-corrected chi connectivity index (χ0v) is 20.5. The number of nitrogens with one attached hydrogen (secondary N) is 1. The van der Waals surface area contributed by atoms with Gasteiger partial charge in [-0.1, -0.05) is 47.0 Å². The van der Waals surface area contributed by atoms with Crippen molar-refractivity contribution in [2.75, 3.05) is 25.4 Å². The van der Waals surface area contributed by atoms with Gasteiger partial charge < -0.3 is 5.32 Å². The van der Waals surface area contributed by atoms with Gasteiger partial charge in [-0.15, -0.1) is 11.8 Å². The van der Waals surface area contributed by atoms with E-state index in [0.29, 0.717) is 48.1 Å². The molecule has 168 valence electrons. The molecule has 0 bridgehead atoms. The molecule has 1 fully saturated rings. The Labute approximate surface area is 198 Å². The van der Waals surface area contributed by atoms with Gasteiger partial charge in [0.25, 0.3) is 0 Å².